The molecule has 1 fully saturated rings. The van der Waals surface area contributed by atoms with Gasteiger partial charge in [-0.25, -0.2) is 4.98 Å². The van der Waals surface area contributed by atoms with Gasteiger partial charge in [0.25, 0.3) is 5.56 Å². The van der Waals surface area contributed by atoms with Gasteiger partial charge in [-0.15, -0.1) is 0 Å². The van der Waals surface area contributed by atoms with Crippen LogP contribution in [-0.2, 0) is 13.0 Å². The molecule has 5 nitrogen and oxygen atoms in total. The van der Waals surface area contributed by atoms with E-state index in [2.05, 4.69) is 27.8 Å². The van der Waals surface area contributed by atoms with Gasteiger partial charge in [0, 0.05) is 37.6 Å². The van der Waals surface area contributed by atoms with Crippen LogP contribution >= 0.6 is 23.2 Å². The number of halogens is 2. The number of aromatic nitrogens is 3. The van der Waals surface area contributed by atoms with Crippen molar-refractivity contribution in [1.82, 2.24) is 14.1 Å². The van der Waals surface area contributed by atoms with E-state index >= 15 is 0 Å². The number of rotatable bonds is 2. The van der Waals surface area contributed by atoms with Gasteiger partial charge in [0.1, 0.15) is 11.6 Å². The van der Waals surface area contributed by atoms with E-state index in [1.54, 1.807) is 24.3 Å². The first-order chi connectivity index (χ1) is 14.0. The molecule has 0 atom stereocenters. The molecule has 0 unspecified atom stereocenters. The zero-order valence-electron chi connectivity index (χ0n) is 16.2. The summed E-state index contributed by atoms with van der Waals surface area (Å²) in [4.78, 5) is 19.9. The van der Waals surface area contributed by atoms with Crippen molar-refractivity contribution in [2.75, 3.05) is 18.0 Å². The molecule has 0 aliphatic carbocycles. The third kappa shape index (κ3) is 3.17. The Bertz CT molecular complexity index is 1120. The highest BCUT2D eigenvalue weighted by molar-refractivity contribution is 6.43. The van der Waals surface area contributed by atoms with E-state index in [0.717, 1.165) is 44.7 Å². The molecule has 2 aromatic heterocycles. The van der Waals surface area contributed by atoms with Crippen molar-refractivity contribution in [2.24, 2.45) is 5.41 Å². The molecular weight excluding hydrogens is 407 g/mol. The summed E-state index contributed by atoms with van der Waals surface area (Å²) in [7, 11) is 0. The Kier molecular flexibility index (Phi) is 4.48. The number of aryl methyl sites for hydroxylation is 1. The maximum atomic E-state index is 12.9. The van der Waals surface area contributed by atoms with Crippen LogP contribution in [0.2, 0.25) is 10.0 Å². The van der Waals surface area contributed by atoms with Gasteiger partial charge in [-0.1, -0.05) is 29.3 Å². The van der Waals surface area contributed by atoms with Crippen LogP contribution in [0.25, 0.3) is 5.69 Å². The van der Waals surface area contributed by atoms with Crippen LogP contribution in [0.3, 0.4) is 0 Å². The summed E-state index contributed by atoms with van der Waals surface area (Å²) in [5.41, 5.74) is 2.21. The van der Waals surface area contributed by atoms with Crippen LogP contribution in [0.5, 0.6) is 0 Å². The second kappa shape index (κ2) is 6.92. The molecule has 150 valence electrons. The fourth-order valence-electron chi connectivity index (χ4n) is 4.81. The standard InChI is InChI=1S/C22H22Cl2N4O/c1-15-25-19(12-20(29)28(15)18-6-2-5-17(23)21(18)24)26-10-7-22(8-11-26)13-16-4-3-9-27(16)14-22/h2-6,9,12H,7-8,10-11,13-14H2,1H3. The van der Waals surface area contributed by atoms with Gasteiger partial charge in [0.15, 0.2) is 0 Å². The molecule has 3 aromatic rings. The minimum Gasteiger partial charge on any atom is -0.356 e. The number of hydrogen-bond donors (Lipinski definition) is 0. The SMILES string of the molecule is Cc1nc(N2CCC3(CC2)Cc2cccn2C3)cc(=O)n1-c1cccc(Cl)c1Cl. The monoisotopic (exact) mass is 428 g/mol. The second-order valence-electron chi connectivity index (χ2n) is 8.20. The Morgan fingerprint density at radius 2 is 1.90 bits per heavy atom. The zero-order chi connectivity index (χ0) is 20.2. The van der Waals surface area contributed by atoms with E-state index in [1.165, 1.54) is 10.3 Å². The van der Waals surface area contributed by atoms with Crippen LogP contribution in [0.15, 0.2) is 47.4 Å². The van der Waals surface area contributed by atoms with E-state index in [9.17, 15) is 4.79 Å². The molecule has 2 aliphatic heterocycles. The summed E-state index contributed by atoms with van der Waals surface area (Å²) >= 11 is 12.5. The molecule has 1 saturated heterocycles. The topological polar surface area (TPSA) is 43.1 Å². The lowest BCUT2D eigenvalue weighted by Gasteiger charge is -2.39. The lowest BCUT2D eigenvalue weighted by Crippen LogP contribution is -2.42. The normalized spacial score (nSPS) is 17.7. The van der Waals surface area contributed by atoms with E-state index in [-0.39, 0.29) is 5.56 Å². The third-order valence-electron chi connectivity index (χ3n) is 6.38. The van der Waals surface area contributed by atoms with Gasteiger partial charge in [-0.3, -0.25) is 9.36 Å². The van der Waals surface area contributed by atoms with Crippen LogP contribution in [0.4, 0.5) is 5.82 Å². The summed E-state index contributed by atoms with van der Waals surface area (Å²) in [6, 6.07) is 11.2. The first-order valence-corrected chi connectivity index (χ1v) is 10.7. The molecule has 1 spiro atoms. The smallest absolute Gasteiger partial charge is 0.260 e. The summed E-state index contributed by atoms with van der Waals surface area (Å²) in [5, 5.41) is 0.780. The van der Waals surface area contributed by atoms with Gasteiger partial charge in [-0.2, -0.15) is 0 Å². The van der Waals surface area contributed by atoms with Crippen molar-refractivity contribution in [3.63, 3.8) is 0 Å². The molecule has 4 heterocycles. The average molecular weight is 429 g/mol. The molecule has 1 aromatic carbocycles. The lowest BCUT2D eigenvalue weighted by molar-refractivity contribution is 0.213. The highest BCUT2D eigenvalue weighted by Gasteiger charge is 2.40. The molecule has 29 heavy (non-hydrogen) atoms. The minimum atomic E-state index is -0.145. The maximum absolute atomic E-state index is 12.9. The first-order valence-electron chi connectivity index (χ1n) is 9.90. The summed E-state index contributed by atoms with van der Waals surface area (Å²) in [6.45, 7) is 4.76. The number of fused-ring (bicyclic) bond motifs is 1. The summed E-state index contributed by atoms with van der Waals surface area (Å²) in [5.74, 6) is 1.35. The number of anilines is 1. The van der Waals surface area contributed by atoms with Crippen molar-refractivity contribution < 1.29 is 0 Å². The van der Waals surface area contributed by atoms with Gasteiger partial charge < -0.3 is 9.47 Å². The van der Waals surface area contributed by atoms with Crippen LogP contribution in [-0.4, -0.2) is 27.2 Å². The van der Waals surface area contributed by atoms with E-state index in [4.69, 9.17) is 28.2 Å². The highest BCUT2D eigenvalue weighted by Crippen LogP contribution is 2.42. The molecule has 0 saturated carbocycles. The van der Waals surface area contributed by atoms with Crippen LogP contribution in [0, 0.1) is 12.3 Å². The Hall–Kier alpha value is -2.24. The van der Waals surface area contributed by atoms with Crippen molar-refractivity contribution in [1.29, 1.82) is 0 Å². The Balaban J connectivity index is 1.39. The van der Waals surface area contributed by atoms with Gasteiger partial charge in [0.2, 0.25) is 0 Å². The van der Waals surface area contributed by atoms with Crippen molar-refractivity contribution >= 4 is 29.0 Å². The quantitative estimate of drug-likeness (QED) is 0.603. The third-order valence-corrected chi connectivity index (χ3v) is 7.19. The molecule has 5 rings (SSSR count). The summed E-state index contributed by atoms with van der Waals surface area (Å²) in [6.07, 6.45) is 5.55. The predicted octanol–water partition coefficient (Wildman–Crippen LogP) is 4.49. The van der Waals surface area contributed by atoms with Crippen LogP contribution in [0.1, 0.15) is 24.4 Å². The van der Waals surface area contributed by atoms with Gasteiger partial charge in [-0.05, 0) is 55.9 Å². The molecule has 0 radical (unpaired) electrons. The fraction of sp³-hybridized carbons (Fsp3) is 0.364. The number of hydrogen-bond acceptors (Lipinski definition) is 3. The Morgan fingerprint density at radius 1 is 1.10 bits per heavy atom. The predicted molar refractivity (Wildman–Crippen MR) is 117 cm³/mol. The zero-order valence-corrected chi connectivity index (χ0v) is 17.7. The number of piperidine rings is 1. The average Bonchev–Trinajstić information content (AvgIpc) is 3.24. The van der Waals surface area contributed by atoms with E-state index < -0.39 is 0 Å². The van der Waals surface area contributed by atoms with Crippen molar-refractivity contribution in [3.8, 4) is 5.69 Å². The molecular formula is C22H22Cl2N4O. The molecule has 7 heteroatoms. The van der Waals surface area contributed by atoms with Crippen LogP contribution < -0.4 is 10.5 Å². The maximum Gasteiger partial charge on any atom is 0.260 e. The van der Waals surface area contributed by atoms with Crippen molar-refractivity contribution in [3.05, 3.63) is 74.5 Å². The molecule has 2 aliphatic rings. The summed E-state index contributed by atoms with van der Waals surface area (Å²) < 4.78 is 3.90. The van der Waals surface area contributed by atoms with Crippen molar-refractivity contribution in [2.45, 2.75) is 32.7 Å². The largest absolute Gasteiger partial charge is 0.356 e. The van der Waals surface area contributed by atoms with E-state index in [1.807, 2.05) is 6.92 Å². The second-order valence-corrected chi connectivity index (χ2v) is 8.98. The molecule has 0 amide bonds. The Labute approximate surface area is 179 Å². The van der Waals surface area contributed by atoms with E-state index in [0.29, 0.717) is 27.0 Å². The minimum absolute atomic E-state index is 0.145. The highest BCUT2D eigenvalue weighted by atomic mass is 35.5. The molecule has 0 N–H and O–H groups in total. The van der Waals surface area contributed by atoms with Gasteiger partial charge in [0.05, 0.1) is 15.7 Å². The number of benzene rings is 1. The molecule has 0 bridgehead atoms. The Morgan fingerprint density at radius 3 is 2.62 bits per heavy atom. The van der Waals surface area contributed by atoms with Gasteiger partial charge >= 0.3 is 0 Å². The first kappa shape index (κ1) is 18.8. The lowest BCUT2D eigenvalue weighted by atomic mass is 9.77. The number of nitrogens with zero attached hydrogens (tertiary/aromatic N) is 4. The fourth-order valence-corrected chi connectivity index (χ4v) is 5.19.